The van der Waals surface area contributed by atoms with Gasteiger partial charge in [0.2, 0.25) is 0 Å². The van der Waals surface area contributed by atoms with Crippen LogP contribution in [0, 0.1) is 17.1 Å². The van der Waals surface area contributed by atoms with Gasteiger partial charge in [-0.05, 0) is 41.5 Å². The number of methoxy groups -OCH3 is 1. The molecule has 7 heteroatoms. The van der Waals surface area contributed by atoms with Crippen molar-refractivity contribution < 1.29 is 23.8 Å². The molecule has 128 valence electrons. The van der Waals surface area contributed by atoms with Gasteiger partial charge in [0, 0.05) is 0 Å². The van der Waals surface area contributed by atoms with Gasteiger partial charge >= 0.3 is 0 Å². The molecule has 0 unspecified atom stereocenters. The molecular formula is C18H12ClFNO4-. The topological polar surface area (TPSA) is 82.4 Å². The van der Waals surface area contributed by atoms with Gasteiger partial charge in [0.05, 0.1) is 29.7 Å². The molecule has 0 fully saturated rings. The summed E-state index contributed by atoms with van der Waals surface area (Å²) in [6, 6.07) is 10.6. The molecule has 0 saturated carbocycles. The van der Waals surface area contributed by atoms with E-state index < -0.39 is 18.4 Å². The Morgan fingerprint density at radius 1 is 1.36 bits per heavy atom. The minimum Gasteiger partial charge on any atom is -0.546 e. The smallest absolute Gasteiger partial charge is 0.180 e. The summed E-state index contributed by atoms with van der Waals surface area (Å²) in [6.45, 7) is -0.676. The fourth-order valence-corrected chi connectivity index (χ4v) is 2.34. The minimum absolute atomic E-state index is 0.0609. The number of hydrogen-bond donors (Lipinski definition) is 0. The number of ether oxygens (including phenoxy) is 2. The molecule has 0 atom stereocenters. The first-order valence-electron chi connectivity index (χ1n) is 7.02. The van der Waals surface area contributed by atoms with Gasteiger partial charge in [-0.2, -0.15) is 5.26 Å². The summed E-state index contributed by atoms with van der Waals surface area (Å²) in [5.41, 5.74) is 1.36. The lowest BCUT2D eigenvalue weighted by Crippen LogP contribution is -2.29. The Balaban J connectivity index is 2.41. The second kappa shape index (κ2) is 8.18. The molecule has 0 aliphatic rings. The van der Waals surface area contributed by atoms with E-state index in [2.05, 4.69) is 0 Å². The molecule has 0 bridgehead atoms. The molecule has 0 aromatic heterocycles. The molecule has 0 N–H and O–H groups in total. The number of nitrogens with zero attached hydrogens (tertiary/aromatic N) is 1. The van der Waals surface area contributed by atoms with Gasteiger partial charge in [0.1, 0.15) is 12.4 Å². The van der Waals surface area contributed by atoms with Crippen LogP contribution in [-0.4, -0.2) is 19.7 Å². The Morgan fingerprint density at radius 2 is 2.04 bits per heavy atom. The Morgan fingerprint density at radius 3 is 2.60 bits per heavy atom. The van der Waals surface area contributed by atoms with E-state index in [4.69, 9.17) is 21.1 Å². The zero-order valence-electron chi connectivity index (χ0n) is 13.1. The van der Waals surface area contributed by atoms with Crippen molar-refractivity contribution in [1.82, 2.24) is 0 Å². The number of hydrogen-bond acceptors (Lipinski definition) is 5. The summed E-state index contributed by atoms with van der Waals surface area (Å²) in [6.07, 6.45) is 1.55. The second-order valence-electron chi connectivity index (χ2n) is 4.87. The molecule has 0 aliphatic heterocycles. The molecule has 2 rings (SSSR count). The SMILES string of the molecule is COc1cc(/C=C(\C#N)c2ccc(F)cc2)cc(Cl)c1OCC(=O)[O-]. The lowest BCUT2D eigenvalue weighted by molar-refractivity contribution is -0.307. The number of nitriles is 1. The Kier molecular flexibility index (Phi) is 5.98. The maximum atomic E-state index is 13.0. The molecule has 5 nitrogen and oxygen atoms in total. The van der Waals surface area contributed by atoms with Gasteiger partial charge in [0.25, 0.3) is 0 Å². The maximum absolute atomic E-state index is 13.0. The van der Waals surface area contributed by atoms with Gasteiger partial charge in [-0.3, -0.25) is 0 Å². The van der Waals surface area contributed by atoms with Crippen LogP contribution in [-0.2, 0) is 4.79 Å². The number of allylic oxidation sites excluding steroid dienone is 1. The average Bonchev–Trinajstić information content (AvgIpc) is 2.59. The van der Waals surface area contributed by atoms with E-state index in [1.54, 1.807) is 6.08 Å². The summed E-state index contributed by atoms with van der Waals surface area (Å²) in [4.78, 5) is 10.5. The van der Waals surface area contributed by atoms with E-state index in [0.29, 0.717) is 16.7 Å². The van der Waals surface area contributed by atoms with E-state index in [1.807, 2.05) is 6.07 Å². The predicted octanol–water partition coefficient (Wildman–Crippen LogP) is 2.68. The van der Waals surface area contributed by atoms with Gasteiger partial charge in [-0.1, -0.05) is 23.7 Å². The first kappa shape index (κ1) is 18.3. The highest BCUT2D eigenvalue weighted by atomic mass is 35.5. The second-order valence-corrected chi connectivity index (χ2v) is 5.28. The van der Waals surface area contributed by atoms with Gasteiger partial charge in [-0.15, -0.1) is 0 Å². The van der Waals surface area contributed by atoms with E-state index in [1.165, 1.54) is 43.5 Å². The molecule has 2 aromatic carbocycles. The van der Waals surface area contributed by atoms with Gasteiger partial charge < -0.3 is 19.4 Å². The number of carbonyl (C=O) groups excluding carboxylic acids is 1. The quantitative estimate of drug-likeness (QED) is 0.584. The zero-order valence-corrected chi connectivity index (χ0v) is 13.8. The number of carbonyl (C=O) groups is 1. The van der Waals surface area contributed by atoms with Crippen LogP contribution in [0.3, 0.4) is 0 Å². The molecule has 2 aromatic rings. The van der Waals surface area contributed by atoms with Crippen molar-refractivity contribution in [1.29, 1.82) is 5.26 Å². The van der Waals surface area contributed by atoms with Crippen LogP contribution in [0.25, 0.3) is 11.6 Å². The van der Waals surface area contributed by atoms with Crippen molar-refractivity contribution in [2.75, 3.05) is 13.7 Å². The fourth-order valence-electron chi connectivity index (χ4n) is 2.07. The monoisotopic (exact) mass is 360 g/mol. The standard InChI is InChI=1S/C18H13ClFNO4/c1-24-16-8-11(7-15(19)18(16)25-10-17(22)23)6-13(9-21)12-2-4-14(20)5-3-12/h2-8H,10H2,1H3,(H,22,23)/p-1/b13-6+. The lowest BCUT2D eigenvalue weighted by atomic mass is 10.0. The van der Waals surface area contributed by atoms with Crippen LogP contribution < -0.4 is 14.6 Å². The van der Waals surface area contributed by atoms with Crippen LogP contribution in [0.2, 0.25) is 5.02 Å². The number of rotatable bonds is 6. The highest BCUT2D eigenvalue weighted by Crippen LogP contribution is 2.37. The predicted molar refractivity (Wildman–Crippen MR) is 88.4 cm³/mol. The number of benzene rings is 2. The van der Waals surface area contributed by atoms with Crippen LogP contribution >= 0.6 is 11.6 Å². The third kappa shape index (κ3) is 4.72. The van der Waals surface area contributed by atoms with Crippen molar-refractivity contribution in [3.05, 3.63) is 58.4 Å². The van der Waals surface area contributed by atoms with Gasteiger partial charge in [-0.25, -0.2) is 4.39 Å². The Labute approximate surface area is 148 Å². The number of aliphatic carboxylic acids is 1. The van der Waals surface area contributed by atoms with E-state index in [-0.39, 0.29) is 16.5 Å². The highest BCUT2D eigenvalue weighted by Gasteiger charge is 2.12. The Bertz CT molecular complexity index is 857. The maximum Gasteiger partial charge on any atom is 0.180 e. The third-order valence-corrected chi connectivity index (χ3v) is 3.45. The van der Waals surface area contributed by atoms with E-state index >= 15 is 0 Å². The van der Waals surface area contributed by atoms with E-state index in [0.717, 1.165) is 0 Å². The highest BCUT2D eigenvalue weighted by molar-refractivity contribution is 6.32. The molecule has 0 saturated heterocycles. The van der Waals surface area contributed by atoms with Crippen molar-refractivity contribution in [2.45, 2.75) is 0 Å². The minimum atomic E-state index is -1.40. The summed E-state index contributed by atoms with van der Waals surface area (Å²) in [7, 11) is 1.37. The number of carboxylic acids is 1. The summed E-state index contributed by atoms with van der Waals surface area (Å²) < 4.78 is 23.2. The first-order chi connectivity index (χ1) is 11.9. The van der Waals surface area contributed by atoms with Crippen molar-refractivity contribution in [3.8, 4) is 17.6 Å². The zero-order chi connectivity index (χ0) is 18.4. The van der Waals surface area contributed by atoms with Crippen LogP contribution in [0.1, 0.15) is 11.1 Å². The van der Waals surface area contributed by atoms with E-state index in [9.17, 15) is 19.6 Å². The number of halogens is 2. The largest absolute Gasteiger partial charge is 0.546 e. The van der Waals surface area contributed by atoms with Crippen molar-refractivity contribution >= 4 is 29.2 Å². The molecule has 0 radical (unpaired) electrons. The normalized spacial score (nSPS) is 10.9. The molecular weight excluding hydrogens is 349 g/mol. The first-order valence-corrected chi connectivity index (χ1v) is 7.40. The van der Waals surface area contributed by atoms with Crippen LogP contribution in [0.5, 0.6) is 11.5 Å². The summed E-state index contributed by atoms with van der Waals surface area (Å²) in [5, 5.41) is 20.0. The molecule has 0 amide bonds. The van der Waals surface area contributed by atoms with Crippen molar-refractivity contribution in [2.24, 2.45) is 0 Å². The number of carboxylic acid groups (broad SMARTS) is 1. The van der Waals surface area contributed by atoms with Crippen molar-refractivity contribution in [3.63, 3.8) is 0 Å². The molecule has 0 spiro atoms. The Hall–Kier alpha value is -3.04. The molecule has 25 heavy (non-hydrogen) atoms. The third-order valence-electron chi connectivity index (χ3n) is 3.17. The fraction of sp³-hybridized carbons (Fsp3) is 0.111. The molecule has 0 aliphatic carbocycles. The summed E-state index contributed by atoms with van der Waals surface area (Å²) >= 11 is 6.11. The summed E-state index contributed by atoms with van der Waals surface area (Å²) in [5.74, 6) is -1.53. The average molecular weight is 361 g/mol. The molecule has 0 heterocycles. The van der Waals surface area contributed by atoms with Crippen LogP contribution in [0.4, 0.5) is 4.39 Å². The lowest BCUT2D eigenvalue weighted by Gasteiger charge is -2.13. The van der Waals surface area contributed by atoms with Crippen LogP contribution in [0.15, 0.2) is 36.4 Å². The van der Waals surface area contributed by atoms with Gasteiger partial charge in [0.15, 0.2) is 11.5 Å².